The number of allylic oxidation sites excluding steroid dienone is 2. The summed E-state index contributed by atoms with van der Waals surface area (Å²) < 4.78 is 5.64. The fourth-order valence-electron chi connectivity index (χ4n) is 1.90. The minimum atomic E-state index is 0.259. The zero-order chi connectivity index (χ0) is 7.90. The number of ether oxygens (including phenoxy) is 1. The maximum Gasteiger partial charge on any atom is 0.0923 e. The summed E-state index contributed by atoms with van der Waals surface area (Å²) in [4.78, 5) is 0. The van der Waals surface area contributed by atoms with Gasteiger partial charge in [-0.15, -0.1) is 0 Å². The Hall–Kier alpha value is -0.300. The lowest BCUT2D eigenvalue weighted by atomic mass is 9.93. The minimum absolute atomic E-state index is 0.259. The topological polar surface area (TPSA) is 12.5 Å². The molecule has 2 rings (SSSR count). The van der Waals surface area contributed by atoms with Gasteiger partial charge < -0.3 is 4.74 Å². The molecule has 0 amide bonds. The van der Waals surface area contributed by atoms with Crippen LogP contribution in [0.5, 0.6) is 0 Å². The Morgan fingerprint density at radius 3 is 3.27 bits per heavy atom. The Morgan fingerprint density at radius 2 is 2.45 bits per heavy atom. The van der Waals surface area contributed by atoms with Crippen molar-refractivity contribution in [3.63, 3.8) is 0 Å². The fourth-order valence-corrected chi connectivity index (χ4v) is 1.90. The van der Waals surface area contributed by atoms with Gasteiger partial charge in [-0.1, -0.05) is 11.6 Å². The van der Waals surface area contributed by atoms with Gasteiger partial charge in [0.05, 0.1) is 11.7 Å². The lowest BCUT2D eigenvalue weighted by Gasteiger charge is -2.09. The van der Waals surface area contributed by atoms with E-state index in [9.17, 15) is 0 Å². The molecular weight excluding hydrogens is 136 g/mol. The summed E-state index contributed by atoms with van der Waals surface area (Å²) in [6.45, 7) is 4.47. The Morgan fingerprint density at radius 1 is 1.64 bits per heavy atom. The second kappa shape index (κ2) is 2.34. The van der Waals surface area contributed by atoms with Crippen molar-refractivity contribution in [1.29, 1.82) is 0 Å². The quantitative estimate of drug-likeness (QED) is 0.384. The van der Waals surface area contributed by atoms with Crippen LogP contribution in [0.3, 0.4) is 0 Å². The first kappa shape index (κ1) is 7.35. The second-order valence-electron chi connectivity index (χ2n) is 4.05. The molecule has 2 aliphatic rings. The molecule has 0 aromatic heterocycles. The van der Waals surface area contributed by atoms with E-state index < -0.39 is 0 Å². The summed E-state index contributed by atoms with van der Waals surface area (Å²) >= 11 is 0. The van der Waals surface area contributed by atoms with Crippen molar-refractivity contribution < 1.29 is 4.74 Å². The van der Waals surface area contributed by atoms with Crippen LogP contribution < -0.4 is 0 Å². The molecule has 11 heavy (non-hydrogen) atoms. The third-order valence-corrected chi connectivity index (χ3v) is 2.97. The van der Waals surface area contributed by atoms with E-state index in [1.165, 1.54) is 25.7 Å². The minimum Gasteiger partial charge on any atom is -0.366 e. The van der Waals surface area contributed by atoms with Gasteiger partial charge >= 0.3 is 0 Å². The SMILES string of the molecule is CC1=CCCC2OC2(C)CC1. The van der Waals surface area contributed by atoms with Crippen LogP contribution in [0.15, 0.2) is 11.6 Å². The average molecular weight is 152 g/mol. The monoisotopic (exact) mass is 152 g/mol. The number of epoxide rings is 1. The highest BCUT2D eigenvalue weighted by Crippen LogP contribution is 2.44. The van der Waals surface area contributed by atoms with Gasteiger partial charge in [0.2, 0.25) is 0 Å². The average Bonchev–Trinajstić information content (AvgIpc) is 2.56. The summed E-state index contributed by atoms with van der Waals surface area (Å²) in [5.41, 5.74) is 1.80. The zero-order valence-corrected chi connectivity index (χ0v) is 7.39. The maximum absolute atomic E-state index is 5.64. The molecule has 1 heterocycles. The molecule has 2 atom stereocenters. The van der Waals surface area contributed by atoms with Crippen LogP contribution in [0, 0.1) is 0 Å². The second-order valence-corrected chi connectivity index (χ2v) is 4.05. The molecule has 62 valence electrons. The van der Waals surface area contributed by atoms with E-state index in [1.54, 1.807) is 5.57 Å². The predicted octanol–water partition coefficient (Wildman–Crippen LogP) is 2.66. The van der Waals surface area contributed by atoms with E-state index in [0.29, 0.717) is 6.10 Å². The standard InChI is InChI=1S/C10H16O/c1-8-4-3-5-9-10(2,11-9)7-6-8/h4,9H,3,5-7H2,1-2H3. The van der Waals surface area contributed by atoms with E-state index >= 15 is 0 Å². The van der Waals surface area contributed by atoms with Gasteiger partial charge in [0.1, 0.15) is 0 Å². The number of hydrogen-bond donors (Lipinski definition) is 0. The highest BCUT2D eigenvalue weighted by Gasteiger charge is 2.50. The molecule has 0 radical (unpaired) electrons. The van der Waals surface area contributed by atoms with Gasteiger partial charge in [0.25, 0.3) is 0 Å². The largest absolute Gasteiger partial charge is 0.366 e. The van der Waals surface area contributed by atoms with Gasteiger partial charge in [-0.05, 0) is 39.5 Å². The number of rotatable bonds is 0. The molecule has 1 nitrogen and oxygen atoms in total. The Balaban J connectivity index is 2.03. The Labute approximate surface area is 68.4 Å². The Kier molecular flexibility index (Phi) is 1.57. The summed E-state index contributed by atoms with van der Waals surface area (Å²) in [5.74, 6) is 0. The van der Waals surface area contributed by atoms with Gasteiger partial charge in [-0.2, -0.15) is 0 Å². The highest BCUT2D eigenvalue weighted by atomic mass is 16.6. The summed E-state index contributed by atoms with van der Waals surface area (Å²) in [6, 6.07) is 0. The number of fused-ring (bicyclic) bond motifs is 1. The molecule has 0 aromatic carbocycles. The van der Waals surface area contributed by atoms with Crippen molar-refractivity contribution in [2.45, 2.75) is 51.2 Å². The molecule has 1 aliphatic carbocycles. The molecule has 0 saturated carbocycles. The van der Waals surface area contributed by atoms with Crippen molar-refractivity contribution in [2.75, 3.05) is 0 Å². The van der Waals surface area contributed by atoms with E-state index in [2.05, 4.69) is 19.9 Å². The van der Waals surface area contributed by atoms with Crippen LogP contribution in [0.4, 0.5) is 0 Å². The van der Waals surface area contributed by atoms with E-state index in [1.807, 2.05) is 0 Å². The maximum atomic E-state index is 5.64. The predicted molar refractivity (Wildman–Crippen MR) is 45.5 cm³/mol. The summed E-state index contributed by atoms with van der Waals surface area (Å²) in [5, 5.41) is 0. The summed E-state index contributed by atoms with van der Waals surface area (Å²) in [6.07, 6.45) is 7.83. The van der Waals surface area contributed by atoms with Gasteiger partial charge in [0.15, 0.2) is 0 Å². The van der Waals surface area contributed by atoms with Crippen LogP contribution >= 0.6 is 0 Å². The lowest BCUT2D eigenvalue weighted by molar-refractivity contribution is 0.296. The molecule has 0 bridgehead atoms. The molecule has 0 spiro atoms. The first-order chi connectivity index (χ1) is 5.21. The third kappa shape index (κ3) is 1.34. The number of hydrogen-bond acceptors (Lipinski definition) is 1. The highest BCUT2D eigenvalue weighted by molar-refractivity contribution is 5.08. The molecule has 0 aromatic rings. The Bertz CT molecular complexity index is 195. The van der Waals surface area contributed by atoms with E-state index in [4.69, 9.17) is 4.74 Å². The summed E-state index contributed by atoms with van der Waals surface area (Å²) in [7, 11) is 0. The van der Waals surface area contributed by atoms with Crippen LogP contribution in [0.1, 0.15) is 39.5 Å². The van der Waals surface area contributed by atoms with Crippen molar-refractivity contribution in [1.82, 2.24) is 0 Å². The first-order valence-electron chi connectivity index (χ1n) is 4.54. The van der Waals surface area contributed by atoms with Crippen LogP contribution in [-0.2, 0) is 4.74 Å². The zero-order valence-electron chi connectivity index (χ0n) is 7.39. The molecule has 1 fully saturated rings. The van der Waals surface area contributed by atoms with Gasteiger partial charge in [-0.3, -0.25) is 0 Å². The van der Waals surface area contributed by atoms with Crippen LogP contribution in [0.2, 0.25) is 0 Å². The molecule has 1 aliphatic heterocycles. The third-order valence-electron chi connectivity index (χ3n) is 2.97. The first-order valence-corrected chi connectivity index (χ1v) is 4.54. The van der Waals surface area contributed by atoms with Crippen molar-refractivity contribution in [2.24, 2.45) is 0 Å². The molecule has 1 saturated heterocycles. The van der Waals surface area contributed by atoms with Crippen molar-refractivity contribution in [3.8, 4) is 0 Å². The van der Waals surface area contributed by atoms with E-state index in [-0.39, 0.29) is 5.60 Å². The van der Waals surface area contributed by atoms with Crippen molar-refractivity contribution >= 4 is 0 Å². The molecule has 0 N–H and O–H groups in total. The lowest BCUT2D eigenvalue weighted by Crippen LogP contribution is -2.11. The molecule has 1 heteroatoms. The fraction of sp³-hybridized carbons (Fsp3) is 0.800. The van der Waals surface area contributed by atoms with Crippen LogP contribution in [0.25, 0.3) is 0 Å². The van der Waals surface area contributed by atoms with Gasteiger partial charge in [0, 0.05) is 0 Å². The molecule has 2 unspecified atom stereocenters. The van der Waals surface area contributed by atoms with Gasteiger partial charge in [-0.25, -0.2) is 0 Å². The molecular formula is C10H16O. The van der Waals surface area contributed by atoms with Crippen molar-refractivity contribution in [3.05, 3.63) is 11.6 Å². The normalized spacial score (nSPS) is 43.5. The van der Waals surface area contributed by atoms with Crippen LogP contribution in [-0.4, -0.2) is 11.7 Å². The van der Waals surface area contributed by atoms with E-state index in [0.717, 1.165) is 0 Å². The smallest absolute Gasteiger partial charge is 0.0923 e.